The fourth-order valence-corrected chi connectivity index (χ4v) is 1.36. The summed E-state index contributed by atoms with van der Waals surface area (Å²) in [5, 5.41) is 3.79. The summed E-state index contributed by atoms with van der Waals surface area (Å²) in [6.07, 6.45) is -1.31. The van der Waals surface area contributed by atoms with Gasteiger partial charge in [-0.15, -0.1) is 0 Å². The van der Waals surface area contributed by atoms with E-state index in [-0.39, 0.29) is 6.04 Å². The summed E-state index contributed by atoms with van der Waals surface area (Å²) in [7, 11) is 0. The van der Waals surface area contributed by atoms with E-state index in [1.54, 1.807) is 6.92 Å². The number of alkyl halides is 3. The van der Waals surface area contributed by atoms with Crippen molar-refractivity contribution in [1.82, 2.24) is 14.6 Å². The molecule has 0 amide bonds. The average molecular weight is 230 g/mol. The van der Waals surface area contributed by atoms with Crippen molar-refractivity contribution in [2.45, 2.75) is 19.1 Å². The van der Waals surface area contributed by atoms with E-state index in [1.165, 1.54) is 6.20 Å². The van der Waals surface area contributed by atoms with Crippen molar-refractivity contribution in [2.75, 3.05) is 0 Å². The third kappa shape index (κ3) is 1.73. The van der Waals surface area contributed by atoms with Crippen LogP contribution in [-0.2, 0) is 6.18 Å². The molecule has 0 saturated heterocycles. The van der Waals surface area contributed by atoms with Crippen LogP contribution in [-0.4, -0.2) is 14.6 Å². The van der Waals surface area contributed by atoms with Gasteiger partial charge < -0.3 is 5.73 Å². The Morgan fingerprint density at radius 2 is 2.06 bits per heavy atom. The molecule has 1 atom stereocenters. The zero-order valence-corrected chi connectivity index (χ0v) is 8.36. The molecule has 0 spiro atoms. The summed E-state index contributed by atoms with van der Waals surface area (Å²) in [4.78, 5) is 3.73. The fourth-order valence-electron chi connectivity index (χ4n) is 1.36. The first kappa shape index (κ1) is 10.9. The molecule has 0 aliphatic rings. The molecule has 0 aliphatic heterocycles. The Morgan fingerprint density at radius 3 is 2.62 bits per heavy atom. The minimum Gasteiger partial charge on any atom is -0.324 e. The molecule has 0 aromatic carbocycles. The van der Waals surface area contributed by atoms with Gasteiger partial charge in [-0.3, -0.25) is 0 Å². The highest BCUT2D eigenvalue weighted by molar-refractivity contribution is 5.48. The van der Waals surface area contributed by atoms with E-state index >= 15 is 0 Å². The summed E-state index contributed by atoms with van der Waals surface area (Å²) in [6.45, 7) is 1.72. The monoisotopic (exact) mass is 230 g/mol. The minimum absolute atomic E-state index is 0.318. The molecule has 2 rings (SSSR count). The first-order chi connectivity index (χ1) is 7.39. The zero-order valence-electron chi connectivity index (χ0n) is 8.36. The molecule has 2 N–H and O–H groups in total. The lowest BCUT2D eigenvalue weighted by Gasteiger charge is -2.06. The first-order valence-corrected chi connectivity index (χ1v) is 4.55. The van der Waals surface area contributed by atoms with E-state index < -0.39 is 11.7 Å². The van der Waals surface area contributed by atoms with Crippen LogP contribution in [0, 0.1) is 0 Å². The molecule has 4 nitrogen and oxygen atoms in total. The van der Waals surface area contributed by atoms with Crippen molar-refractivity contribution < 1.29 is 13.2 Å². The SMILES string of the molecule is CC(N)c1cnn2cc(C(F)(F)F)cnc12. The molecular weight excluding hydrogens is 221 g/mol. The van der Waals surface area contributed by atoms with Crippen LogP contribution in [0.5, 0.6) is 0 Å². The van der Waals surface area contributed by atoms with Gasteiger partial charge in [-0.25, -0.2) is 9.50 Å². The molecule has 0 fully saturated rings. The van der Waals surface area contributed by atoms with Crippen LogP contribution in [0.25, 0.3) is 5.65 Å². The standard InChI is InChI=1S/C9H9F3N4/c1-5(13)7-3-15-16-4-6(9(10,11)12)2-14-8(7)16/h2-5H,13H2,1H3. The molecule has 1 unspecified atom stereocenters. The Labute approximate surface area is 88.9 Å². The highest BCUT2D eigenvalue weighted by Crippen LogP contribution is 2.28. The van der Waals surface area contributed by atoms with E-state index in [1.807, 2.05) is 0 Å². The summed E-state index contributed by atoms with van der Waals surface area (Å²) in [5.41, 5.74) is 5.77. The maximum Gasteiger partial charge on any atom is 0.419 e. The van der Waals surface area contributed by atoms with Gasteiger partial charge in [0.2, 0.25) is 0 Å². The second-order valence-electron chi connectivity index (χ2n) is 3.50. The number of rotatable bonds is 1. The molecule has 0 bridgehead atoms. The summed E-state index contributed by atoms with van der Waals surface area (Å²) in [5.74, 6) is 0. The maximum absolute atomic E-state index is 12.4. The number of aromatic nitrogens is 3. The van der Waals surface area contributed by atoms with Crippen LogP contribution in [0.1, 0.15) is 24.1 Å². The van der Waals surface area contributed by atoms with Gasteiger partial charge in [-0.1, -0.05) is 0 Å². The van der Waals surface area contributed by atoms with Gasteiger partial charge in [-0.05, 0) is 6.92 Å². The quantitative estimate of drug-likeness (QED) is 0.812. The van der Waals surface area contributed by atoms with Gasteiger partial charge in [0.1, 0.15) is 0 Å². The molecule has 0 aliphatic carbocycles. The van der Waals surface area contributed by atoms with E-state index in [0.29, 0.717) is 11.2 Å². The Bertz CT molecular complexity index is 515. The predicted molar refractivity (Wildman–Crippen MR) is 50.6 cm³/mol. The maximum atomic E-state index is 12.4. The average Bonchev–Trinajstić information content (AvgIpc) is 2.58. The van der Waals surface area contributed by atoms with Crippen molar-refractivity contribution in [2.24, 2.45) is 5.73 Å². The normalized spacial score (nSPS) is 14.3. The highest BCUT2D eigenvalue weighted by atomic mass is 19.4. The van der Waals surface area contributed by atoms with Crippen LogP contribution >= 0.6 is 0 Å². The van der Waals surface area contributed by atoms with Gasteiger partial charge in [0.25, 0.3) is 0 Å². The smallest absolute Gasteiger partial charge is 0.324 e. The van der Waals surface area contributed by atoms with Crippen LogP contribution in [0.3, 0.4) is 0 Å². The van der Waals surface area contributed by atoms with Crippen molar-refractivity contribution in [3.63, 3.8) is 0 Å². The Morgan fingerprint density at radius 1 is 1.38 bits per heavy atom. The number of hydrogen-bond acceptors (Lipinski definition) is 3. The number of nitrogens with two attached hydrogens (primary N) is 1. The van der Waals surface area contributed by atoms with E-state index in [9.17, 15) is 13.2 Å². The molecule has 16 heavy (non-hydrogen) atoms. The van der Waals surface area contributed by atoms with Crippen molar-refractivity contribution in [1.29, 1.82) is 0 Å². The van der Waals surface area contributed by atoms with Gasteiger partial charge in [0.05, 0.1) is 11.8 Å². The number of halogens is 3. The Balaban J connectivity index is 2.58. The lowest BCUT2D eigenvalue weighted by atomic mass is 10.2. The highest BCUT2D eigenvalue weighted by Gasteiger charge is 2.31. The first-order valence-electron chi connectivity index (χ1n) is 4.55. The molecule has 2 heterocycles. The van der Waals surface area contributed by atoms with Gasteiger partial charge in [0.15, 0.2) is 5.65 Å². The second kappa shape index (κ2) is 3.44. The minimum atomic E-state index is -4.42. The lowest BCUT2D eigenvalue weighted by Crippen LogP contribution is -2.09. The molecular formula is C9H9F3N4. The van der Waals surface area contributed by atoms with Gasteiger partial charge >= 0.3 is 6.18 Å². The van der Waals surface area contributed by atoms with Crippen LogP contribution in [0.4, 0.5) is 13.2 Å². The van der Waals surface area contributed by atoms with Crippen molar-refractivity contribution in [3.8, 4) is 0 Å². The van der Waals surface area contributed by atoms with Crippen LogP contribution in [0.2, 0.25) is 0 Å². The fraction of sp³-hybridized carbons (Fsp3) is 0.333. The number of nitrogens with zero attached hydrogens (tertiary/aromatic N) is 3. The van der Waals surface area contributed by atoms with Gasteiger partial charge in [0, 0.05) is 24.0 Å². The predicted octanol–water partition coefficient (Wildman–Crippen LogP) is 1.77. The molecule has 0 saturated carbocycles. The number of fused-ring (bicyclic) bond motifs is 1. The van der Waals surface area contributed by atoms with Crippen LogP contribution in [0.15, 0.2) is 18.6 Å². The number of hydrogen-bond donors (Lipinski definition) is 1. The molecule has 86 valence electrons. The van der Waals surface area contributed by atoms with E-state index in [0.717, 1.165) is 16.9 Å². The Hall–Kier alpha value is -1.63. The second-order valence-corrected chi connectivity index (χ2v) is 3.50. The Kier molecular flexibility index (Phi) is 2.34. The third-order valence-corrected chi connectivity index (χ3v) is 2.20. The third-order valence-electron chi connectivity index (χ3n) is 2.20. The van der Waals surface area contributed by atoms with Gasteiger partial charge in [-0.2, -0.15) is 18.3 Å². The summed E-state index contributed by atoms with van der Waals surface area (Å²) in [6, 6.07) is -0.318. The molecule has 2 aromatic heterocycles. The topological polar surface area (TPSA) is 56.2 Å². The summed E-state index contributed by atoms with van der Waals surface area (Å²) < 4.78 is 38.2. The van der Waals surface area contributed by atoms with Crippen molar-refractivity contribution in [3.05, 3.63) is 29.7 Å². The van der Waals surface area contributed by atoms with Crippen LogP contribution < -0.4 is 5.73 Å². The summed E-state index contributed by atoms with van der Waals surface area (Å²) >= 11 is 0. The molecule has 7 heteroatoms. The van der Waals surface area contributed by atoms with Crippen molar-refractivity contribution >= 4 is 5.65 Å². The largest absolute Gasteiger partial charge is 0.419 e. The lowest BCUT2D eigenvalue weighted by molar-refractivity contribution is -0.138. The zero-order chi connectivity index (χ0) is 11.9. The van der Waals surface area contributed by atoms with E-state index in [2.05, 4.69) is 10.1 Å². The molecule has 2 aromatic rings. The molecule has 0 radical (unpaired) electrons. The van der Waals surface area contributed by atoms with E-state index in [4.69, 9.17) is 5.73 Å².